The molecular formula is C20H25BrN2O2S. The highest BCUT2D eigenvalue weighted by Gasteiger charge is 2.19. The fourth-order valence-corrected chi connectivity index (χ4v) is 4.03. The summed E-state index contributed by atoms with van der Waals surface area (Å²) in [4.78, 5) is 13.7. The van der Waals surface area contributed by atoms with Crippen LogP contribution in [0.4, 0.5) is 0 Å². The first-order chi connectivity index (χ1) is 12.2. The summed E-state index contributed by atoms with van der Waals surface area (Å²) in [6.45, 7) is 10.1. The summed E-state index contributed by atoms with van der Waals surface area (Å²) in [5.41, 5.74) is 5.49. The standard InChI is InChI=1S/C20H25BrN2O2S/c1-6-16(17-7-8-18(21)26-17)22-23-20(25)15-10-13(11(2)3)9-14(12(4)5)19(15)24/h7-12,24H,6H2,1-5H3,(H,23,25)/b22-16+. The van der Waals surface area contributed by atoms with Crippen molar-refractivity contribution in [2.75, 3.05) is 0 Å². The highest BCUT2D eigenvalue weighted by molar-refractivity contribution is 9.11. The smallest absolute Gasteiger partial charge is 0.275 e. The Bertz CT molecular complexity index is 825. The van der Waals surface area contributed by atoms with Gasteiger partial charge in [0.1, 0.15) is 5.75 Å². The van der Waals surface area contributed by atoms with E-state index in [1.165, 1.54) is 0 Å². The van der Waals surface area contributed by atoms with Crippen molar-refractivity contribution >= 4 is 38.9 Å². The van der Waals surface area contributed by atoms with Gasteiger partial charge in [-0.3, -0.25) is 4.79 Å². The topological polar surface area (TPSA) is 61.7 Å². The van der Waals surface area contributed by atoms with Gasteiger partial charge < -0.3 is 5.11 Å². The molecule has 0 bridgehead atoms. The van der Waals surface area contributed by atoms with Crippen LogP contribution in [-0.4, -0.2) is 16.7 Å². The second-order valence-corrected chi connectivity index (χ2v) is 9.24. The van der Waals surface area contributed by atoms with Crippen molar-refractivity contribution in [3.8, 4) is 5.75 Å². The number of thiophene rings is 1. The molecule has 2 aromatic rings. The predicted octanol–water partition coefficient (Wildman–Crippen LogP) is 6.01. The summed E-state index contributed by atoms with van der Waals surface area (Å²) in [5.74, 6) is 0.0266. The Morgan fingerprint density at radius 1 is 1.23 bits per heavy atom. The zero-order valence-corrected chi connectivity index (χ0v) is 18.2. The molecular weight excluding hydrogens is 412 g/mol. The summed E-state index contributed by atoms with van der Waals surface area (Å²) in [7, 11) is 0. The molecule has 0 unspecified atom stereocenters. The molecule has 0 aliphatic rings. The van der Waals surface area contributed by atoms with Crippen molar-refractivity contribution in [2.24, 2.45) is 5.10 Å². The number of halogens is 1. The third-order valence-electron chi connectivity index (χ3n) is 4.18. The van der Waals surface area contributed by atoms with E-state index in [4.69, 9.17) is 0 Å². The monoisotopic (exact) mass is 436 g/mol. The van der Waals surface area contributed by atoms with Gasteiger partial charge >= 0.3 is 0 Å². The van der Waals surface area contributed by atoms with E-state index < -0.39 is 5.91 Å². The van der Waals surface area contributed by atoms with Crippen molar-refractivity contribution in [2.45, 2.75) is 52.9 Å². The third kappa shape index (κ3) is 4.74. The Morgan fingerprint density at radius 3 is 2.42 bits per heavy atom. The number of amides is 1. The lowest BCUT2D eigenvalue weighted by Crippen LogP contribution is -2.20. The van der Waals surface area contributed by atoms with Gasteiger partial charge in [-0.05, 0) is 63.5 Å². The minimum atomic E-state index is -0.395. The quantitative estimate of drug-likeness (QED) is 0.430. The van der Waals surface area contributed by atoms with Crippen LogP contribution in [0.1, 0.15) is 79.2 Å². The molecule has 0 aliphatic heterocycles. The molecule has 0 saturated carbocycles. The van der Waals surface area contributed by atoms with Crippen molar-refractivity contribution < 1.29 is 9.90 Å². The number of nitrogens with zero attached hydrogens (tertiary/aromatic N) is 1. The fourth-order valence-electron chi connectivity index (χ4n) is 2.58. The molecule has 1 aromatic carbocycles. The summed E-state index contributed by atoms with van der Waals surface area (Å²) in [6.07, 6.45) is 0.697. The molecule has 0 saturated heterocycles. The Morgan fingerprint density at radius 2 is 1.92 bits per heavy atom. The molecule has 0 atom stereocenters. The van der Waals surface area contributed by atoms with Crippen LogP contribution in [0.2, 0.25) is 0 Å². The summed E-state index contributed by atoms with van der Waals surface area (Å²) < 4.78 is 1.02. The zero-order chi connectivity index (χ0) is 19.4. The van der Waals surface area contributed by atoms with Gasteiger partial charge in [-0.2, -0.15) is 5.10 Å². The van der Waals surface area contributed by atoms with Crippen LogP contribution in [0, 0.1) is 0 Å². The van der Waals surface area contributed by atoms with Crippen LogP contribution in [0.25, 0.3) is 0 Å². The van der Waals surface area contributed by atoms with Gasteiger partial charge in [0.2, 0.25) is 0 Å². The second kappa shape index (κ2) is 8.82. The number of hydrazone groups is 1. The van der Waals surface area contributed by atoms with Crippen molar-refractivity contribution in [3.05, 3.63) is 49.6 Å². The highest BCUT2D eigenvalue weighted by atomic mass is 79.9. The number of phenols is 1. The zero-order valence-electron chi connectivity index (χ0n) is 15.8. The Hall–Kier alpha value is -1.66. The predicted molar refractivity (Wildman–Crippen MR) is 113 cm³/mol. The first-order valence-electron chi connectivity index (χ1n) is 8.73. The molecule has 1 heterocycles. The van der Waals surface area contributed by atoms with Gasteiger partial charge in [0.05, 0.1) is 19.9 Å². The number of carbonyl (C=O) groups excluding carboxylic acids is 1. The van der Waals surface area contributed by atoms with E-state index in [1.807, 2.05) is 39.0 Å². The average Bonchev–Trinajstić information content (AvgIpc) is 3.01. The lowest BCUT2D eigenvalue weighted by Gasteiger charge is -2.16. The van der Waals surface area contributed by atoms with E-state index in [0.717, 1.165) is 25.5 Å². The Balaban J connectivity index is 2.35. The molecule has 6 heteroatoms. The number of benzene rings is 1. The van der Waals surface area contributed by atoms with Crippen LogP contribution in [0.15, 0.2) is 33.2 Å². The van der Waals surface area contributed by atoms with Crippen LogP contribution in [0.5, 0.6) is 5.75 Å². The van der Waals surface area contributed by atoms with E-state index in [1.54, 1.807) is 17.4 Å². The molecule has 2 rings (SSSR count). The SMILES string of the molecule is CC/C(=N\NC(=O)c1cc(C(C)C)cc(C(C)C)c1O)c1ccc(Br)s1. The number of hydrogen-bond donors (Lipinski definition) is 2. The number of hydrogen-bond acceptors (Lipinski definition) is 4. The molecule has 2 N–H and O–H groups in total. The maximum absolute atomic E-state index is 12.7. The summed E-state index contributed by atoms with van der Waals surface area (Å²) in [6, 6.07) is 7.66. The minimum absolute atomic E-state index is 0.0361. The van der Waals surface area contributed by atoms with Gasteiger partial charge in [-0.15, -0.1) is 11.3 Å². The van der Waals surface area contributed by atoms with Crippen LogP contribution in [0.3, 0.4) is 0 Å². The number of carbonyl (C=O) groups is 1. The molecule has 0 radical (unpaired) electrons. The number of rotatable bonds is 6. The summed E-state index contributed by atoms with van der Waals surface area (Å²) >= 11 is 5.01. The Labute approximate surface area is 167 Å². The maximum atomic E-state index is 12.7. The maximum Gasteiger partial charge on any atom is 0.275 e. The van der Waals surface area contributed by atoms with Gasteiger partial charge in [-0.25, -0.2) is 5.43 Å². The van der Waals surface area contributed by atoms with E-state index in [9.17, 15) is 9.90 Å². The summed E-state index contributed by atoms with van der Waals surface area (Å²) in [5, 5.41) is 14.9. The number of phenolic OH excluding ortho intramolecular Hbond substituents is 1. The van der Waals surface area contributed by atoms with E-state index in [-0.39, 0.29) is 23.1 Å². The van der Waals surface area contributed by atoms with Crippen LogP contribution >= 0.6 is 27.3 Å². The van der Waals surface area contributed by atoms with Crippen molar-refractivity contribution in [1.29, 1.82) is 0 Å². The molecule has 1 aromatic heterocycles. The molecule has 1 amide bonds. The van der Waals surface area contributed by atoms with Gasteiger partial charge in [0, 0.05) is 0 Å². The minimum Gasteiger partial charge on any atom is -0.507 e. The second-order valence-electron chi connectivity index (χ2n) is 6.77. The van der Waals surface area contributed by atoms with Crippen molar-refractivity contribution in [1.82, 2.24) is 5.43 Å². The number of aromatic hydroxyl groups is 1. The lowest BCUT2D eigenvalue weighted by molar-refractivity contribution is 0.0952. The average molecular weight is 437 g/mol. The first-order valence-corrected chi connectivity index (χ1v) is 10.3. The molecule has 0 aliphatic carbocycles. The van der Waals surface area contributed by atoms with E-state index in [0.29, 0.717) is 6.42 Å². The van der Waals surface area contributed by atoms with Gasteiger partial charge in [0.15, 0.2) is 0 Å². The number of nitrogens with one attached hydrogen (secondary N) is 1. The van der Waals surface area contributed by atoms with Crippen LogP contribution in [-0.2, 0) is 0 Å². The molecule has 0 fully saturated rings. The van der Waals surface area contributed by atoms with Gasteiger partial charge in [0.25, 0.3) is 5.91 Å². The van der Waals surface area contributed by atoms with Gasteiger partial charge in [-0.1, -0.05) is 40.7 Å². The highest BCUT2D eigenvalue weighted by Crippen LogP contribution is 2.33. The lowest BCUT2D eigenvalue weighted by atomic mass is 9.92. The fraction of sp³-hybridized carbons (Fsp3) is 0.400. The third-order valence-corrected chi connectivity index (χ3v) is 5.85. The Kier molecular flexibility index (Phi) is 7.01. The van der Waals surface area contributed by atoms with E-state index >= 15 is 0 Å². The van der Waals surface area contributed by atoms with E-state index in [2.05, 4.69) is 40.3 Å². The first kappa shape index (κ1) is 20.6. The molecule has 0 spiro atoms. The molecule has 4 nitrogen and oxygen atoms in total. The largest absolute Gasteiger partial charge is 0.507 e. The van der Waals surface area contributed by atoms with Crippen molar-refractivity contribution in [3.63, 3.8) is 0 Å². The normalized spacial score (nSPS) is 12.1. The molecule has 140 valence electrons. The molecule has 26 heavy (non-hydrogen) atoms. The van der Waals surface area contributed by atoms with Crippen LogP contribution < -0.4 is 5.43 Å².